The van der Waals surface area contributed by atoms with E-state index >= 15 is 0 Å². The molecule has 1 rings (SSSR count). The molecule has 18 heavy (non-hydrogen) atoms. The van der Waals surface area contributed by atoms with Gasteiger partial charge in [0.05, 0.1) is 12.3 Å². The third-order valence-electron chi connectivity index (χ3n) is 2.47. The van der Waals surface area contributed by atoms with E-state index in [9.17, 15) is 9.59 Å². The summed E-state index contributed by atoms with van der Waals surface area (Å²) in [5.41, 5.74) is 0.490. The predicted octanol–water partition coefficient (Wildman–Crippen LogP) is 2.13. The molecule has 0 aliphatic heterocycles. The lowest BCUT2D eigenvalue weighted by Crippen LogP contribution is -2.29. The van der Waals surface area contributed by atoms with Gasteiger partial charge < -0.3 is 15.2 Å². The second-order valence-electron chi connectivity index (χ2n) is 3.72. The zero-order valence-corrected chi connectivity index (χ0v) is 10.5. The van der Waals surface area contributed by atoms with Gasteiger partial charge in [0, 0.05) is 0 Å². The van der Waals surface area contributed by atoms with Gasteiger partial charge >= 0.3 is 5.97 Å². The number of para-hydroxylation sites is 2. The Kier molecular flexibility index (Phi) is 5.17. The van der Waals surface area contributed by atoms with E-state index in [1.54, 1.807) is 31.2 Å². The summed E-state index contributed by atoms with van der Waals surface area (Å²) in [5, 5.41) is 11.5. The molecule has 0 fully saturated rings. The van der Waals surface area contributed by atoms with Crippen LogP contribution in [0.4, 0.5) is 5.69 Å². The average molecular weight is 251 g/mol. The molecule has 1 amide bonds. The summed E-state index contributed by atoms with van der Waals surface area (Å²) in [6.07, 6.45) is 0.248. The van der Waals surface area contributed by atoms with Crippen LogP contribution in [0, 0.1) is 5.92 Å². The first-order chi connectivity index (χ1) is 8.60. The molecule has 1 aromatic carbocycles. The SMILES string of the molecule is CCOc1ccccc1NC(=O)C(CC)C(=O)O. The van der Waals surface area contributed by atoms with Crippen molar-refractivity contribution in [2.24, 2.45) is 5.92 Å². The molecule has 0 bridgehead atoms. The first kappa shape index (κ1) is 14.0. The van der Waals surface area contributed by atoms with Gasteiger partial charge in [0.1, 0.15) is 11.7 Å². The van der Waals surface area contributed by atoms with Crippen molar-refractivity contribution in [3.63, 3.8) is 0 Å². The summed E-state index contributed by atoms with van der Waals surface area (Å²) >= 11 is 0. The van der Waals surface area contributed by atoms with Gasteiger partial charge in [-0.1, -0.05) is 19.1 Å². The molecule has 0 spiro atoms. The lowest BCUT2D eigenvalue weighted by atomic mass is 10.1. The van der Waals surface area contributed by atoms with E-state index in [0.717, 1.165) is 0 Å². The predicted molar refractivity (Wildman–Crippen MR) is 67.7 cm³/mol. The van der Waals surface area contributed by atoms with Gasteiger partial charge in [-0.25, -0.2) is 0 Å². The maximum atomic E-state index is 11.8. The largest absolute Gasteiger partial charge is 0.492 e. The third kappa shape index (κ3) is 3.48. The van der Waals surface area contributed by atoms with Crippen LogP contribution < -0.4 is 10.1 Å². The monoisotopic (exact) mass is 251 g/mol. The van der Waals surface area contributed by atoms with Crippen LogP contribution in [0.25, 0.3) is 0 Å². The van der Waals surface area contributed by atoms with E-state index in [2.05, 4.69) is 5.32 Å². The van der Waals surface area contributed by atoms with Gasteiger partial charge in [-0.2, -0.15) is 0 Å². The Morgan fingerprint density at radius 3 is 2.56 bits per heavy atom. The molecule has 0 heterocycles. The van der Waals surface area contributed by atoms with Crippen molar-refractivity contribution in [3.8, 4) is 5.75 Å². The normalized spacial score (nSPS) is 11.7. The number of anilines is 1. The first-order valence-electron chi connectivity index (χ1n) is 5.85. The fraction of sp³-hybridized carbons (Fsp3) is 0.385. The summed E-state index contributed by atoms with van der Waals surface area (Å²) < 4.78 is 5.35. The van der Waals surface area contributed by atoms with Crippen molar-refractivity contribution in [1.29, 1.82) is 0 Å². The maximum Gasteiger partial charge on any atom is 0.316 e. The zero-order chi connectivity index (χ0) is 13.5. The molecular weight excluding hydrogens is 234 g/mol. The van der Waals surface area contributed by atoms with E-state index in [4.69, 9.17) is 9.84 Å². The standard InChI is InChI=1S/C13H17NO4/c1-3-9(13(16)17)12(15)14-10-7-5-6-8-11(10)18-4-2/h5-9H,3-4H2,1-2H3,(H,14,15)(H,16,17). The van der Waals surface area contributed by atoms with E-state index in [-0.39, 0.29) is 6.42 Å². The van der Waals surface area contributed by atoms with Crippen LogP contribution in [0.1, 0.15) is 20.3 Å². The highest BCUT2D eigenvalue weighted by atomic mass is 16.5. The molecule has 1 unspecified atom stereocenters. The second kappa shape index (κ2) is 6.64. The van der Waals surface area contributed by atoms with Crippen molar-refractivity contribution >= 4 is 17.6 Å². The van der Waals surface area contributed by atoms with Crippen LogP contribution >= 0.6 is 0 Å². The molecule has 98 valence electrons. The van der Waals surface area contributed by atoms with Gasteiger partial charge in [-0.05, 0) is 25.5 Å². The molecule has 1 aromatic rings. The Balaban J connectivity index is 2.83. The van der Waals surface area contributed by atoms with Crippen molar-refractivity contribution in [3.05, 3.63) is 24.3 Å². The summed E-state index contributed by atoms with van der Waals surface area (Å²) in [7, 11) is 0. The molecule has 2 N–H and O–H groups in total. The Morgan fingerprint density at radius 1 is 1.33 bits per heavy atom. The number of hydrogen-bond donors (Lipinski definition) is 2. The molecule has 0 saturated carbocycles. The number of aliphatic carboxylic acids is 1. The van der Waals surface area contributed by atoms with Crippen molar-refractivity contribution < 1.29 is 19.4 Å². The molecule has 5 nitrogen and oxygen atoms in total. The number of hydrogen-bond acceptors (Lipinski definition) is 3. The number of carboxylic acids is 1. The van der Waals surface area contributed by atoms with Crippen molar-refractivity contribution in [1.82, 2.24) is 0 Å². The average Bonchev–Trinajstić information content (AvgIpc) is 2.32. The smallest absolute Gasteiger partial charge is 0.316 e. The highest BCUT2D eigenvalue weighted by Gasteiger charge is 2.24. The van der Waals surface area contributed by atoms with Crippen molar-refractivity contribution in [2.45, 2.75) is 20.3 Å². The van der Waals surface area contributed by atoms with Crippen LogP contribution in [0.15, 0.2) is 24.3 Å². The Labute approximate surface area is 106 Å². The van der Waals surface area contributed by atoms with Crippen LogP contribution in [-0.2, 0) is 9.59 Å². The minimum absolute atomic E-state index is 0.248. The summed E-state index contributed by atoms with van der Waals surface area (Å²) in [6, 6.07) is 6.94. The molecule has 0 aromatic heterocycles. The number of carbonyl (C=O) groups is 2. The number of carbonyl (C=O) groups excluding carboxylic acids is 1. The molecule has 0 aliphatic carbocycles. The first-order valence-corrected chi connectivity index (χ1v) is 5.85. The Bertz CT molecular complexity index is 431. The number of ether oxygens (including phenoxy) is 1. The van der Waals surface area contributed by atoms with E-state index in [1.165, 1.54) is 0 Å². The number of benzene rings is 1. The molecule has 0 aliphatic rings. The number of rotatable bonds is 6. The Morgan fingerprint density at radius 2 is 2.00 bits per heavy atom. The summed E-state index contributed by atoms with van der Waals surface area (Å²) in [5.74, 6) is -2.16. The zero-order valence-electron chi connectivity index (χ0n) is 10.5. The molecule has 1 atom stereocenters. The van der Waals surface area contributed by atoms with Crippen LogP contribution in [0.3, 0.4) is 0 Å². The third-order valence-corrected chi connectivity index (χ3v) is 2.47. The van der Waals surface area contributed by atoms with Crippen LogP contribution in [0.5, 0.6) is 5.75 Å². The minimum atomic E-state index is -1.12. The highest BCUT2D eigenvalue weighted by molar-refractivity contribution is 6.04. The minimum Gasteiger partial charge on any atom is -0.492 e. The van der Waals surface area contributed by atoms with E-state index < -0.39 is 17.8 Å². The van der Waals surface area contributed by atoms with Gasteiger partial charge in [-0.3, -0.25) is 9.59 Å². The number of amides is 1. The Hall–Kier alpha value is -2.04. The molecule has 5 heteroatoms. The van der Waals surface area contributed by atoms with Crippen LogP contribution in [0.2, 0.25) is 0 Å². The lowest BCUT2D eigenvalue weighted by molar-refractivity contribution is -0.145. The van der Waals surface area contributed by atoms with Gasteiger partial charge in [0.15, 0.2) is 0 Å². The van der Waals surface area contributed by atoms with Gasteiger partial charge in [0.2, 0.25) is 5.91 Å². The van der Waals surface area contributed by atoms with E-state index in [1.807, 2.05) is 6.92 Å². The quantitative estimate of drug-likeness (QED) is 0.759. The topological polar surface area (TPSA) is 75.6 Å². The second-order valence-corrected chi connectivity index (χ2v) is 3.72. The summed E-state index contributed by atoms with van der Waals surface area (Å²) in [4.78, 5) is 22.7. The summed E-state index contributed by atoms with van der Waals surface area (Å²) in [6.45, 7) is 3.97. The number of nitrogens with one attached hydrogen (secondary N) is 1. The number of carboxylic acid groups (broad SMARTS) is 1. The molecule has 0 saturated heterocycles. The van der Waals surface area contributed by atoms with Gasteiger partial charge in [-0.15, -0.1) is 0 Å². The van der Waals surface area contributed by atoms with E-state index in [0.29, 0.717) is 18.0 Å². The molecule has 0 radical (unpaired) electrons. The lowest BCUT2D eigenvalue weighted by Gasteiger charge is -2.14. The molecular formula is C13H17NO4. The maximum absolute atomic E-state index is 11.8. The fourth-order valence-electron chi connectivity index (χ4n) is 1.54. The van der Waals surface area contributed by atoms with Gasteiger partial charge in [0.25, 0.3) is 0 Å². The fourth-order valence-corrected chi connectivity index (χ4v) is 1.54. The highest BCUT2D eigenvalue weighted by Crippen LogP contribution is 2.24. The van der Waals surface area contributed by atoms with Crippen LogP contribution in [-0.4, -0.2) is 23.6 Å². The van der Waals surface area contributed by atoms with Crippen molar-refractivity contribution in [2.75, 3.05) is 11.9 Å².